The molecule has 0 saturated heterocycles. The zero-order valence-corrected chi connectivity index (χ0v) is 13.6. The van der Waals surface area contributed by atoms with Gasteiger partial charge in [-0.05, 0) is 48.5 Å². The lowest BCUT2D eigenvalue weighted by molar-refractivity contribution is 0.288. The Labute approximate surface area is 126 Å². The molecule has 114 valence electrons. The van der Waals surface area contributed by atoms with Gasteiger partial charge in [-0.3, -0.25) is 0 Å². The Bertz CT molecular complexity index is 486. The molecule has 1 rings (SSSR count). The largest absolute Gasteiger partial charge is 0.396 e. The van der Waals surface area contributed by atoms with Gasteiger partial charge >= 0.3 is 0 Å². The molecule has 0 aromatic heterocycles. The summed E-state index contributed by atoms with van der Waals surface area (Å²) in [5.41, 5.74) is 1.04. The van der Waals surface area contributed by atoms with E-state index in [2.05, 4.69) is 4.72 Å². The van der Waals surface area contributed by atoms with Gasteiger partial charge in [0.15, 0.2) is 0 Å². The van der Waals surface area contributed by atoms with Crippen LogP contribution in [0.3, 0.4) is 0 Å². The van der Waals surface area contributed by atoms with E-state index in [1.165, 1.54) is 0 Å². The fourth-order valence-electron chi connectivity index (χ4n) is 1.80. The highest BCUT2D eigenvalue weighted by Crippen LogP contribution is 2.12. The molecule has 0 aliphatic rings. The Balaban J connectivity index is 2.63. The minimum Gasteiger partial charge on any atom is -0.396 e. The third-order valence-electron chi connectivity index (χ3n) is 2.93. The van der Waals surface area contributed by atoms with Gasteiger partial charge in [0.1, 0.15) is 0 Å². The first-order valence-electron chi connectivity index (χ1n) is 6.68. The lowest BCUT2D eigenvalue weighted by atomic mass is 10.1. The second-order valence-corrected chi connectivity index (χ2v) is 7.56. The van der Waals surface area contributed by atoms with E-state index in [-0.39, 0.29) is 6.61 Å². The molecule has 1 unspecified atom stereocenters. The van der Waals surface area contributed by atoms with Gasteiger partial charge in [0, 0.05) is 13.2 Å². The highest BCUT2D eigenvalue weighted by molar-refractivity contribution is 7.98. The highest BCUT2D eigenvalue weighted by Gasteiger charge is 2.14. The molecule has 1 aromatic rings. The van der Waals surface area contributed by atoms with Crippen molar-refractivity contribution in [1.29, 1.82) is 0 Å². The van der Waals surface area contributed by atoms with Crippen molar-refractivity contribution >= 4 is 21.8 Å². The Morgan fingerprint density at radius 2 is 1.95 bits per heavy atom. The maximum Gasteiger partial charge on any atom is 0.240 e. The lowest BCUT2D eigenvalue weighted by Crippen LogP contribution is -2.29. The van der Waals surface area contributed by atoms with Gasteiger partial charge < -0.3 is 5.11 Å². The maximum absolute atomic E-state index is 12.1. The van der Waals surface area contributed by atoms with E-state index in [1.54, 1.807) is 36.0 Å². The van der Waals surface area contributed by atoms with Crippen molar-refractivity contribution in [2.75, 3.05) is 25.2 Å². The van der Waals surface area contributed by atoms with Crippen LogP contribution in [0, 0.1) is 5.92 Å². The second kappa shape index (κ2) is 8.67. The van der Waals surface area contributed by atoms with Crippen LogP contribution in [0.2, 0.25) is 0 Å². The summed E-state index contributed by atoms with van der Waals surface area (Å²) in [6.45, 7) is 2.63. The summed E-state index contributed by atoms with van der Waals surface area (Å²) in [7, 11) is -3.42. The van der Waals surface area contributed by atoms with E-state index < -0.39 is 10.0 Å². The summed E-state index contributed by atoms with van der Waals surface area (Å²) >= 11 is 1.71. The number of hydrogen-bond acceptors (Lipinski definition) is 4. The number of aliphatic hydroxyl groups excluding tert-OH is 1. The van der Waals surface area contributed by atoms with Crippen LogP contribution in [-0.4, -0.2) is 38.7 Å². The third kappa shape index (κ3) is 5.83. The van der Waals surface area contributed by atoms with Gasteiger partial charge in [0.05, 0.1) is 4.90 Å². The number of benzene rings is 1. The normalized spacial score (nSPS) is 13.3. The molecule has 6 heteroatoms. The zero-order valence-electron chi connectivity index (χ0n) is 12.0. The number of aliphatic hydroxyl groups is 1. The van der Waals surface area contributed by atoms with E-state index in [9.17, 15) is 8.42 Å². The first-order chi connectivity index (χ1) is 9.49. The maximum atomic E-state index is 12.1. The van der Waals surface area contributed by atoms with Crippen LogP contribution < -0.4 is 4.72 Å². The smallest absolute Gasteiger partial charge is 0.240 e. The molecule has 1 atom stereocenters. The Morgan fingerprint density at radius 3 is 2.50 bits per heavy atom. The van der Waals surface area contributed by atoms with Gasteiger partial charge in [-0.1, -0.05) is 19.1 Å². The van der Waals surface area contributed by atoms with Crippen molar-refractivity contribution in [3.05, 3.63) is 29.8 Å². The van der Waals surface area contributed by atoms with Crippen molar-refractivity contribution in [1.82, 2.24) is 4.72 Å². The van der Waals surface area contributed by atoms with Gasteiger partial charge in [-0.25, -0.2) is 13.1 Å². The van der Waals surface area contributed by atoms with Crippen LogP contribution in [0.4, 0.5) is 0 Å². The second-order valence-electron chi connectivity index (χ2n) is 4.88. The molecule has 4 nitrogen and oxygen atoms in total. The highest BCUT2D eigenvalue weighted by atomic mass is 32.2. The van der Waals surface area contributed by atoms with E-state index in [1.807, 2.05) is 13.2 Å². The van der Waals surface area contributed by atoms with Gasteiger partial charge in [-0.2, -0.15) is 11.8 Å². The zero-order chi connectivity index (χ0) is 15.0. The molecule has 0 radical (unpaired) electrons. The fraction of sp³-hybridized carbons (Fsp3) is 0.571. The van der Waals surface area contributed by atoms with Crippen LogP contribution in [-0.2, 0) is 16.4 Å². The number of thioether (sulfide) groups is 1. The van der Waals surface area contributed by atoms with Crippen LogP contribution in [0.1, 0.15) is 18.9 Å². The van der Waals surface area contributed by atoms with E-state index in [0.29, 0.717) is 23.8 Å². The standard InChI is InChI=1S/C14H23NO3S2/c1-12(11-19-2)10-15-20(17,18)14-7-5-13(6-8-14)4-3-9-16/h5-8,12,15-16H,3-4,9-11H2,1-2H3. The minimum absolute atomic E-state index is 0.148. The average molecular weight is 317 g/mol. The average Bonchev–Trinajstić information content (AvgIpc) is 2.44. The molecule has 0 saturated carbocycles. The summed E-state index contributed by atoms with van der Waals surface area (Å²) < 4.78 is 26.9. The predicted octanol–water partition coefficient (Wildman–Crippen LogP) is 1.89. The summed E-state index contributed by atoms with van der Waals surface area (Å²) in [6, 6.07) is 6.84. The van der Waals surface area contributed by atoms with E-state index in [0.717, 1.165) is 17.7 Å². The van der Waals surface area contributed by atoms with Crippen LogP contribution in [0.5, 0.6) is 0 Å². The number of nitrogens with one attached hydrogen (secondary N) is 1. The summed E-state index contributed by atoms with van der Waals surface area (Å²) in [4.78, 5) is 0.293. The predicted molar refractivity (Wildman–Crippen MR) is 84.6 cm³/mol. The topological polar surface area (TPSA) is 66.4 Å². The fourth-order valence-corrected chi connectivity index (χ4v) is 3.65. The molecule has 0 heterocycles. The Kier molecular flexibility index (Phi) is 7.58. The van der Waals surface area contributed by atoms with Crippen molar-refractivity contribution in [3.63, 3.8) is 0 Å². The first kappa shape index (κ1) is 17.5. The van der Waals surface area contributed by atoms with Crippen LogP contribution in [0.15, 0.2) is 29.2 Å². The lowest BCUT2D eigenvalue weighted by Gasteiger charge is -2.12. The van der Waals surface area contributed by atoms with Crippen LogP contribution >= 0.6 is 11.8 Å². The molecular formula is C14H23NO3S2. The van der Waals surface area contributed by atoms with E-state index in [4.69, 9.17) is 5.11 Å². The Morgan fingerprint density at radius 1 is 1.30 bits per heavy atom. The third-order valence-corrected chi connectivity index (χ3v) is 5.27. The molecule has 0 amide bonds. The van der Waals surface area contributed by atoms with Crippen molar-refractivity contribution in [2.24, 2.45) is 5.92 Å². The molecule has 0 fully saturated rings. The summed E-state index contributed by atoms with van der Waals surface area (Å²) in [5, 5.41) is 8.77. The van der Waals surface area contributed by atoms with E-state index >= 15 is 0 Å². The number of rotatable bonds is 9. The van der Waals surface area contributed by atoms with Crippen molar-refractivity contribution in [2.45, 2.75) is 24.7 Å². The monoisotopic (exact) mass is 317 g/mol. The molecule has 0 aliphatic carbocycles. The van der Waals surface area contributed by atoms with Gasteiger partial charge in [0.2, 0.25) is 10.0 Å². The van der Waals surface area contributed by atoms with Gasteiger partial charge in [0.25, 0.3) is 0 Å². The van der Waals surface area contributed by atoms with Crippen LogP contribution in [0.25, 0.3) is 0 Å². The molecule has 0 aliphatic heterocycles. The number of sulfonamides is 1. The molecule has 20 heavy (non-hydrogen) atoms. The van der Waals surface area contributed by atoms with Crippen molar-refractivity contribution < 1.29 is 13.5 Å². The number of hydrogen-bond donors (Lipinski definition) is 2. The minimum atomic E-state index is -3.42. The molecule has 2 N–H and O–H groups in total. The molecule has 0 spiro atoms. The molecule has 1 aromatic carbocycles. The number of aryl methyl sites for hydroxylation is 1. The molecular weight excluding hydrogens is 294 g/mol. The molecule has 0 bridgehead atoms. The SMILES string of the molecule is CSCC(C)CNS(=O)(=O)c1ccc(CCCO)cc1. The quantitative estimate of drug-likeness (QED) is 0.730. The first-order valence-corrected chi connectivity index (χ1v) is 9.55. The Hall–Kier alpha value is -0.560. The summed E-state index contributed by atoms with van der Waals surface area (Å²) in [6.07, 6.45) is 3.46. The van der Waals surface area contributed by atoms with Gasteiger partial charge in [-0.15, -0.1) is 0 Å². The summed E-state index contributed by atoms with van der Waals surface area (Å²) in [5.74, 6) is 1.24. The van der Waals surface area contributed by atoms with Crippen molar-refractivity contribution in [3.8, 4) is 0 Å².